The molecule has 1 aliphatic heterocycles. The maximum atomic E-state index is 15.0. The van der Waals surface area contributed by atoms with E-state index < -0.39 is 11.6 Å². The van der Waals surface area contributed by atoms with Crippen LogP contribution in [0.15, 0.2) is 54.6 Å². The summed E-state index contributed by atoms with van der Waals surface area (Å²) in [7, 11) is 0. The topological polar surface area (TPSA) is 32.8 Å². The number of halogens is 3. The highest BCUT2D eigenvalue weighted by molar-refractivity contribution is 5.64. The summed E-state index contributed by atoms with van der Waals surface area (Å²) in [6.07, 6.45) is 5.64. The second kappa shape index (κ2) is 11.4. The van der Waals surface area contributed by atoms with Crippen LogP contribution in [-0.2, 0) is 17.6 Å². The van der Waals surface area contributed by atoms with Crippen molar-refractivity contribution in [2.45, 2.75) is 76.4 Å². The average Bonchev–Trinajstić information content (AvgIpc) is 3.75. The van der Waals surface area contributed by atoms with Crippen LogP contribution < -0.4 is 0 Å². The fourth-order valence-corrected chi connectivity index (χ4v) is 5.80. The quantitative estimate of drug-likeness (QED) is 0.297. The van der Waals surface area contributed by atoms with Crippen LogP contribution in [0, 0.1) is 23.4 Å². The summed E-state index contributed by atoms with van der Waals surface area (Å²) < 4.78 is 49.6. The molecule has 0 spiro atoms. The zero-order chi connectivity index (χ0) is 25.9. The van der Waals surface area contributed by atoms with Crippen molar-refractivity contribution in [3.05, 3.63) is 94.3 Å². The van der Waals surface area contributed by atoms with Crippen LogP contribution in [-0.4, -0.2) is 17.8 Å². The van der Waals surface area contributed by atoms with Crippen LogP contribution in [0.1, 0.15) is 79.7 Å². The molecule has 1 aliphatic carbocycles. The van der Waals surface area contributed by atoms with E-state index in [0.29, 0.717) is 36.1 Å². The largest absolute Gasteiger partial charge is 0.393 e. The van der Waals surface area contributed by atoms with E-state index in [-0.39, 0.29) is 29.9 Å². The van der Waals surface area contributed by atoms with Crippen molar-refractivity contribution in [1.82, 2.24) is 0 Å². The monoisotopic (exact) mass is 508 g/mol. The Morgan fingerprint density at radius 3 is 2.16 bits per heavy atom. The van der Waals surface area contributed by atoms with Crippen LogP contribution in [0.2, 0.25) is 0 Å². The maximum Gasteiger partial charge on any atom is 0.162 e. The number of hydrogen-bond acceptors (Lipinski definition) is 2. The van der Waals surface area contributed by atoms with Crippen molar-refractivity contribution in [1.29, 1.82) is 0 Å². The summed E-state index contributed by atoms with van der Waals surface area (Å²) in [5, 5.41) is 10.3. The van der Waals surface area contributed by atoms with Crippen molar-refractivity contribution in [3.8, 4) is 11.1 Å². The van der Waals surface area contributed by atoms with E-state index in [0.717, 1.165) is 55.2 Å². The number of rotatable bonds is 9. The third-order valence-electron chi connectivity index (χ3n) is 8.18. The van der Waals surface area contributed by atoms with Gasteiger partial charge in [-0.25, -0.2) is 13.2 Å². The van der Waals surface area contributed by atoms with E-state index in [1.54, 1.807) is 18.2 Å². The molecule has 1 heterocycles. The third kappa shape index (κ3) is 5.94. The van der Waals surface area contributed by atoms with Gasteiger partial charge in [0.15, 0.2) is 11.6 Å². The fraction of sp³-hybridized carbons (Fsp3) is 0.438. The average molecular weight is 509 g/mol. The number of aliphatic hydroxyl groups is 1. The van der Waals surface area contributed by atoms with E-state index >= 15 is 4.39 Å². The smallest absolute Gasteiger partial charge is 0.162 e. The van der Waals surface area contributed by atoms with Gasteiger partial charge in [-0.1, -0.05) is 61.9 Å². The number of hydrogen-bond donors (Lipinski definition) is 1. The van der Waals surface area contributed by atoms with Crippen LogP contribution in [0.5, 0.6) is 0 Å². The molecule has 5 rings (SSSR count). The van der Waals surface area contributed by atoms with E-state index in [4.69, 9.17) is 4.74 Å². The summed E-state index contributed by atoms with van der Waals surface area (Å²) in [4.78, 5) is 0. The molecule has 2 unspecified atom stereocenters. The molecule has 1 N–H and O–H groups in total. The van der Waals surface area contributed by atoms with E-state index in [1.165, 1.54) is 6.07 Å². The van der Waals surface area contributed by atoms with Gasteiger partial charge in [0.25, 0.3) is 0 Å². The van der Waals surface area contributed by atoms with Gasteiger partial charge in [0.05, 0.1) is 12.7 Å². The summed E-state index contributed by atoms with van der Waals surface area (Å²) in [6, 6.07) is 16.5. The number of aryl methyl sites for hydroxylation is 2. The Hall–Kier alpha value is -2.63. The standard InChI is InChI=1S/C32H35F3O2/c1-2-3-29(36)23-12-10-22(11-13-23)26-16-14-24(31(34)32(26)35)9-6-20-4-7-21(8-5-20)25-15-17-27(28(33)18-25)30-19-37-30/h4-5,7-8,14-18,22-23,29-30,36H,2-3,6,9-13,19H2,1H3. The molecule has 2 aliphatic rings. The van der Waals surface area contributed by atoms with Crippen LogP contribution in [0.4, 0.5) is 13.2 Å². The summed E-state index contributed by atoms with van der Waals surface area (Å²) >= 11 is 0. The molecule has 3 aromatic rings. The molecule has 0 radical (unpaired) electrons. The molecular formula is C32H35F3O2. The molecule has 1 saturated heterocycles. The molecular weight excluding hydrogens is 473 g/mol. The summed E-state index contributed by atoms with van der Waals surface area (Å²) in [6.45, 7) is 2.64. The number of ether oxygens (including phenoxy) is 1. The lowest BCUT2D eigenvalue weighted by molar-refractivity contribution is 0.0727. The van der Waals surface area contributed by atoms with Gasteiger partial charge in [0.2, 0.25) is 0 Å². The van der Waals surface area contributed by atoms with E-state index in [1.807, 2.05) is 30.3 Å². The number of aliphatic hydroxyl groups excluding tert-OH is 1. The van der Waals surface area contributed by atoms with Crippen molar-refractivity contribution in [3.63, 3.8) is 0 Å². The first-order valence-electron chi connectivity index (χ1n) is 13.6. The van der Waals surface area contributed by atoms with Crippen molar-refractivity contribution >= 4 is 0 Å². The molecule has 2 nitrogen and oxygen atoms in total. The molecule has 3 aromatic carbocycles. The molecule has 1 saturated carbocycles. The maximum absolute atomic E-state index is 15.0. The highest BCUT2D eigenvalue weighted by atomic mass is 19.2. The lowest BCUT2D eigenvalue weighted by Crippen LogP contribution is -2.25. The number of benzene rings is 3. The van der Waals surface area contributed by atoms with Gasteiger partial charge in [0.1, 0.15) is 11.9 Å². The minimum Gasteiger partial charge on any atom is -0.393 e. The van der Waals surface area contributed by atoms with Gasteiger partial charge < -0.3 is 9.84 Å². The summed E-state index contributed by atoms with van der Waals surface area (Å²) in [5.41, 5.74) is 4.17. The predicted molar refractivity (Wildman–Crippen MR) is 140 cm³/mol. The van der Waals surface area contributed by atoms with Gasteiger partial charge in [-0.3, -0.25) is 0 Å². The first-order valence-corrected chi connectivity index (χ1v) is 13.6. The van der Waals surface area contributed by atoms with Crippen molar-refractivity contribution in [2.24, 2.45) is 5.92 Å². The lowest BCUT2D eigenvalue weighted by Gasteiger charge is -2.32. The van der Waals surface area contributed by atoms with Crippen LogP contribution in [0.3, 0.4) is 0 Å². The first-order chi connectivity index (χ1) is 17.9. The highest BCUT2D eigenvalue weighted by Crippen LogP contribution is 2.39. The van der Waals surface area contributed by atoms with Crippen molar-refractivity contribution < 1.29 is 23.0 Å². The fourth-order valence-electron chi connectivity index (χ4n) is 5.80. The molecule has 0 amide bonds. The van der Waals surface area contributed by atoms with Gasteiger partial charge in [-0.2, -0.15) is 0 Å². The normalized spacial score (nSPS) is 22.1. The molecule has 2 fully saturated rings. The Morgan fingerprint density at radius 2 is 1.51 bits per heavy atom. The Labute approximate surface area is 217 Å². The lowest BCUT2D eigenvalue weighted by atomic mass is 9.75. The number of epoxide rings is 1. The molecule has 2 atom stereocenters. The Balaban J connectivity index is 1.19. The Bertz CT molecular complexity index is 1210. The molecule has 0 bridgehead atoms. The van der Waals surface area contributed by atoms with Crippen LogP contribution in [0.25, 0.3) is 11.1 Å². The second-order valence-electron chi connectivity index (χ2n) is 10.7. The zero-order valence-corrected chi connectivity index (χ0v) is 21.4. The Morgan fingerprint density at radius 1 is 0.838 bits per heavy atom. The highest BCUT2D eigenvalue weighted by Gasteiger charge is 2.29. The SMILES string of the molecule is CCCC(O)C1CCC(c2ccc(CCc3ccc(-c4ccc(C5CO5)c(F)c4)cc3)c(F)c2F)CC1. The molecule has 5 heteroatoms. The Kier molecular flexibility index (Phi) is 8.01. The van der Waals surface area contributed by atoms with E-state index in [9.17, 15) is 13.9 Å². The molecule has 37 heavy (non-hydrogen) atoms. The molecule has 196 valence electrons. The van der Waals surface area contributed by atoms with Crippen LogP contribution >= 0.6 is 0 Å². The van der Waals surface area contributed by atoms with Gasteiger partial charge in [-0.15, -0.1) is 0 Å². The van der Waals surface area contributed by atoms with E-state index in [2.05, 4.69) is 6.92 Å². The van der Waals surface area contributed by atoms with Gasteiger partial charge in [-0.05, 0) is 90.7 Å². The first kappa shape index (κ1) is 26.0. The van der Waals surface area contributed by atoms with Gasteiger partial charge in [0, 0.05) is 5.56 Å². The predicted octanol–water partition coefficient (Wildman–Crippen LogP) is 8.06. The zero-order valence-electron chi connectivity index (χ0n) is 21.4. The van der Waals surface area contributed by atoms with Crippen molar-refractivity contribution in [2.75, 3.05) is 6.61 Å². The minimum absolute atomic E-state index is 0.0110. The third-order valence-corrected chi connectivity index (χ3v) is 8.18. The molecule has 0 aromatic heterocycles. The second-order valence-corrected chi connectivity index (χ2v) is 10.7. The minimum atomic E-state index is -0.738. The summed E-state index contributed by atoms with van der Waals surface area (Å²) in [5.74, 6) is -1.43. The van der Waals surface area contributed by atoms with Gasteiger partial charge >= 0.3 is 0 Å².